The SMILES string of the molecule is O=C(NCCCN1CCCCC1)c1ccc([N+](=O)[O-])s1. The summed E-state index contributed by atoms with van der Waals surface area (Å²) in [4.78, 5) is 24.7. The average Bonchev–Trinajstić information content (AvgIpc) is 2.94. The summed E-state index contributed by atoms with van der Waals surface area (Å²) >= 11 is 0.914. The molecule has 6 nitrogen and oxygen atoms in total. The zero-order valence-corrected chi connectivity index (χ0v) is 12.2. The van der Waals surface area contributed by atoms with E-state index in [0.29, 0.717) is 11.4 Å². The third kappa shape index (κ3) is 4.28. The molecule has 0 aliphatic carbocycles. The number of hydrogen-bond donors (Lipinski definition) is 1. The van der Waals surface area contributed by atoms with E-state index >= 15 is 0 Å². The van der Waals surface area contributed by atoms with E-state index in [4.69, 9.17) is 0 Å². The van der Waals surface area contributed by atoms with Crippen molar-refractivity contribution in [3.63, 3.8) is 0 Å². The van der Waals surface area contributed by atoms with Gasteiger partial charge >= 0.3 is 5.00 Å². The zero-order chi connectivity index (χ0) is 14.4. The molecule has 0 radical (unpaired) electrons. The van der Waals surface area contributed by atoms with E-state index in [2.05, 4.69) is 10.2 Å². The second-order valence-corrected chi connectivity index (χ2v) is 5.97. The first-order chi connectivity index (χ1) is 9.66. The number of nitrogens with zero attached hydrogens (tertiary/aromatic N) is 2. The van der Waals surface area contributed by atoms with E-state index < -0.39 is 4.92 Å². The summed E-state index contributed by atoms with van der Waals surface area (Å²) in [5, 5.41) is 13.4. The van der Waals surface area contributed by atoms with Crippen molar-refractivity contribution in [1.29, 1.82) is 0 Å². The van der Waals surface area contributed by atoms with Crippen LogP contribution in [0.15, 0.2) is 12.1 Å². The van der Waals surface area contributed by atoms with Gasteiger partial charge in [0.15, 0.2) is 0 Å². The van der Waals surface area contributed by atoms with Gasteiger partial charge in [0.2, 0.25) is 0 Å². The Morgan fingerprint density at radius 1 is 1.35 bits per heavy atom. The number of likely N-dealkylation sites (tertiary alicyclic amines) is 1. The van der Waals surface area contributed by atoms with Crippen LogP contribution in [0.4, 0.5) is 5.00 Å². The highest BCUT2D eigenvalue weighted by Gasteiger charge is 2.15. The number of amides is 1. The van der Waals surface area contributed by atoms with Crippen LogP contribution >= 0.6 is 11.3 Å². The van der Waals surface area contributed by atoms with Crippen molar-refractivity contribution < 1.29 is 9.72 Å². The molecule has 20 heavy (non-hydrogen) atoms. The first-order valence-electron chi connectivity index (χ1n) is 6.91. The van der Waals surface area contributed by atoms with Crippen molar-refractivity contribution in [1.82, 2.24) is 10.2 Å². The number of rotatable bonds is 6. The van der Waals surface area contributed by atoms with Gasteiger partial charge in [0.05, 0.1) is 9.80 Å². The van der Waals surface area contributed by atoms with Crippen molar-refractivity contribution >= 4 is 22.2 Å². The summed E-state index contributed by atoms with van der Waals surface area (Å²) in [7, 11) is 0. The molecule has 2 heterocycles. The Morgan fingerprint density at radius 2 is 2.10 bits per heavy atom. The van der Waals surface area contributed by atoms with Crippen LogP contribution in [0.5, 0.6) is 0 Å². The molecule has 1 aromatic rings. The quantitative estimate of drug-likeness (QED) is 0.496. The number of piperidine rings is 1. The predicted octanol–water partition coefficient (Wildman–Crippen LogP) is 2.26. The molecule has 110 valence electrons. The smallest absolute Gasteiger partial charge is 0.324 e. The molecule has 0 unspecified atom stereocenters. The Labute approximate surface area is 121 Å². The molecule has 1 N–H and O–H groups in total. The third-order valence-corrected chi connectivity index (χ3v) is 4.42. The molecule has 0 spiro atoms. The number of carbonyl (C=O) groups is 1. The van der Waals surface area contributed by atoms with Gasteiger partial charge in [-0.25, -0.2) is 0 Å². The summed E-state index contributed by atoms with van der Waals surface area (Å²) < 4.78 is 0. The summed E-state index contributed by atoms with van der Waals surface area (Å²) in [6, 6.07) is 2.87. The van der Waals surface area contributed by atoms with Gasteiger partial charge in [0.25, 0.3) is 5.91 Å². The number of nitrogens with one attached hydrogen (secondary N) is 1. The van der Waals surface area contributed by atoms with E-state index in [1.165, 1.54) is 31.4 Å². The summed E-state index contributed by atoms with van der Waals surface area (Å²) in [5.41, 5.74) is 0. The minimum atomic E-state index is -0.474. The lowest BCUT2D eigenvalue weighted by Crippen LogP contribution is -2.33. The largest absolute Gasteiger partial charge is 0.351 e. The van der Waals surface area contributed by atoms with Crippen LogP contribution in [0, 0.1) is 10.1 Å². The maximum Gasteiger partial charge on any atom is 0.324 e. The van der Waals surface area contributed by atoms with Gasteiger partial charge in [0, 0.05) is 12.6 Å². The normalized spacial score (nSPS) is 16.0. The molecule has 0 saturated carbocycles. The molecule has 1 aliphatic rings. The molecule has 1 saturated heterocycles. The van der Waals surface area contributed by atoms with Gasteiger partial charge < -0.3 is 10.2 Å². The minimum Gasteiger partial charge on any atom is -0.351 e. The van der Waals surface area contributed by atoms with Crippen molar-refractivity contribution in [2.24, 2.45) is 0 Å². The first kappa shape index (κ1) is 14.9. The molecule has 1 aliphatic heterocycles. The molecular formula is C13H19N3O3S. The van der Waals surface area contributed by atoms with Crippen LogP contribution in [0.1, 0.15) is 35.4 Å². The number of thiophene rings is 1. The molecule has 2 rings (SSSR count). The highest BCUT2D eigenvalue weighted by Crippen LogP contribution is 2.23. The van der Waals surface area contributed by atoms with Crippen molar-refractivity contribution in [3.05, 3.63) is 27.1 Å². The van der Waals surface area contributed by atoms with Crippen molar-refractivity contribution in [2.75, 3.05) is 26.2 Å². The lowest BCUT2D eigenvalue weighted by Gasteiger charge is -2.26. The predicted molar refractivity (Wildman–Crippen MR) is 78.2 cm³/mol. The Balaban J connectivity index is 1.67. The van der Waals surface area contributed by atoms with Crippen LogP contribution in [-0.4, -0.2) is 41.9 Å². The average molecular weight is 297 g/mol. The highest BCUT2D eigenvalue weighted by atomic mass is 32.1. The van der Waals surface area contributed by atoms with Crippen LogP contribution in [0.25, 0.3) is 0 Å². The second-order valence-electron chi connectivity index (χ2n) is 4.91. The Hall–Kier alpha value is -1.47. The van der Waals surface area contributed by atoms with E-state index in [1.807, 2.05) is 0 Å². The highest BCUT2D eigenvalue weighted by molar-refractivity contribution is 7.17. The van der Waals surface area contributed by atoms with Gasteiger partial charge in [-0.05, 0) is 45.0 Å². The van der Waals surface area contributed by atoms with E-state index in [9.17, 15) is 14.9 Å². The summed E-state index contributed by atoms with van der Waals surface area (Å²) in [6.07, 6.45) is 4.78. The van der Waals surface area contributed by atoms with Crippen molar-refractivity contribution in [3.8, 4) is 0 Å². The van der Waals surface area contributed by atoms with E-state index in [1.54, 1.807) is 0 Å². The monoisotopic (exact) mass is 297 g/mol. The van der Waals surface area contributed by atoms with E-state index in [-0.39, 0.29) is 10.9 Å². The van der Waals surface area contributed by atoms with Gasteiger partial charge in [-0.2, -0.15) is 0 Å². The zero-order valence-electron chi connectivity index (χ0n) is 11.3. The first-order valence-corrected chi connectivity index (χ1v) is 7.73. The van der Waals surface area contributed by atoms with Gasteiger partial charge in [-0.15, -0.1) is 0 Å². The maximum atomic E-state index is 11.8. The number of nitro groups is 1. The fraction of sp³-hybridized carbons (Fsp3) is 0.615. The Bertz CT molecular complexity index is 469. The maximum absolute atomic E-state index is 11.8. The fourth-order valence-corrected chi connectivity index (χ4v) is 3.06. The molecule has 0 atom stereocenters. The van der Waals surface area contributed by atoms with Crippen LogP contribution in [-0.2, 0) is 0 Å². The van der Waals surface area contributed by atoms with Gasteiger partial charge in [0.1, 0.15) is 0 Å². The molecule has 0 bridgehead atoms. The lowest BCUT2D eigenvalue weighted by atomic mass is 10.1. The topological polar surface area (TPSA) is 75.5 Å². The Morgan fingerprint density at radius 3 is 2.75 bits per heavy atom. The lowest BCUT2D eigenvalue weighted by molar-refractivity contribution is -0.380. The molecule has 1 fully saturated rings. The molecule has 0 aromatic carbocycles. The van der Waals surface area contributed by atoms with Crippen LogP contribution in [0.2, 0.25) is 0 Å². The molecular weight excluding hydrogens is 278 g/mol. The fourth-order valence-electron chi connectivity index (χ4n) is 2.32. The van der Waals surface area contributed by atoms with Gasteiger partial charge in [-0.3, -0.25) is 14.9 Å². The summed E-state index contributed by atoms with van der Waals surface area (Å²) in [5.74, 6) is -0.221. The molecule has 1 amide bonds. The Kier molecular flexibility index (Phi) is 5.49. The van der Waals surface area contributed by atoms with Crippen LogP contribution in [0.3, 0.4) is 0 Å². The minimum absolute atomic E-state index is 0.00321. The van der Waals surface area contributed by atoms with Gasteiger partial charge in [-0.1, -0.05) is 17.8 Å². The molecule has 1 aromatic heterocycles. The molecule has 7 heteroatoms. The summed E-state index contributed by atoms with van der Waals surface area (Å²) in [6.45, 7) is 3.93. The second kappa shape index (κ2) is 7.35. The van der Waals surface area contributed by atoms with Crippen molar-refractivity contribution in [2.45, 2.75) is 25.7 Å². The number of hydrogen-bond acceptors (Lipinski definition) is 5. The number of carbonyl (C=O) groups excluding carboxylic acids is 1. The van der Waals surface area contributed by atoms with Crippen LogP contribution < -0.4 is 5.32 Å². The third-order valence-electron chi connectivity index (χ3n) is 3.38. The standard InChI is InChI=1S/C13H19N3O3S/c17-13(11-5-6-12(20-11)16(18)19)14-7-4-10-15-8-2-1-3-9-15/h5-6H,1-4,7-10H2,(H,14,17). The van der Waals surface area contributed by atoms with E-state index in [0.717, 1.165) is 37.4 Å².